The molecule has 1 aromatic carbocycles. The number of aromatic nitrogens is 1. The average molecular weight is 287 g/mol. The van der Waals surface area contributed by atoms with Gasteiger partial charge in [0, 0.05) is 25.2 Å². The fourth-order valence-electron chi connectivity index (χ4n) is 2.63. The van der Waals surface area contributed by atoms with Gasteiger partial charge in [0.2, 0.25) is 6.79 Å². The van der Waals surface area contributed by atoms with E-state index in [2.05, 4.69) is 16.9 Å². The summed E-state index contributed by atoms with van der Waals surface area (Å²) in [5.41, 5.74) is 5.53. The second-order valence-electron chi connectivity index (χ2n) is 5.33. The molecule has 0 radical (unpaired) electrons. The number of benzene rings is 1. The molecular weight excluding hydrogens is 266 g/mol. The first-order chi connectivity index (χ1) is 10.3. The first kappa shape index (κ1) is 13.9. The molecule has 2 aromatic rings. The Morgan fingerprint density at radius 2 is 2.00 bits per heavy atom. The molecule has 0 spiro atoms. The number of unbranched alkanes of at least 4 members (excludes halogenated alkanes) is 2. The van der Waals surface area contributed by atoms with Crippen molar-refractivity contribution in [1.29, 1.82) is 0 Å². The van der Waals surface area contributed by atoms with Crippen molar-refractivity contribution in [3.63, 3.8) is 0 Å². The predicted molar refractivity (Wildman–Crippen MR) is 84.0 cm³/mol. The molecule has 0 saturated heterocycles. The monoisotopic (exact) mass is 287 g/mol. The quantitative estimate of drug-likeness (QED) is 0.827. The Kier molecular flexibility index (Phi) is 4.10. The lowest BCUT2D eigenvalue weighted by Crippen LogP contribution is -2.20. The summed E-state index contributed by atoms with van der Waals surface area (Å²) in [5, 5.41) is 2.22. The number of fused-ring (bicyclic) bond motifs is 2. The van der Waals surface area contributed by atoms with E-state index in [-0.39, 0.29) is 0 Å². The van der Waals surface area contributed by atoms with Crippen LogP contribution in [0, 0.1) is 0 Å². The zero-order valence-corrected chi connectivity index (χ0v) is 12.3. The molecule has 21 heavy (non-hydrogen) atoms. The van der Waals surface area contributed by atoms with Gasteiger partial charge in [-0.25, -0.2) is 4.98 Å². The molecular formula is C16H21N3O2. The van der Waals surface area contributed by atoms with Gasteiger partial charge in [-0.1, -0.05) is 6.42 Å². The highest BCUT2D eigenvalue weighted by Crippen LogP contribution is 2.38. The summed E-state index contributed by atoms with van der Waals surface area (Å²) in [5.74, 6) is 2.59. The Bertz CT molecular complexity index is 630. The molecule has 0 atom stereocenters. The van der Waals surface area contributed by atoms with Crippen LogP contribution in [0.25, 0.3) is 10.8 Å². The molecule has 0 amide bonds. The van der Waals surface area contributed by atoms with E-state index in [0.29, 0.717) is 6.79 Å². The van der Waals surface area contributed by atoms with Crippen molar-refractivity contribution in [1.82, 2.24) is 4.98 Å². The number of nitrogens with zero attached hydrogens (tertiary/aromatic N) is 2. The normalized spacial score (nSPS) is 12.9. The van der Waals surface area contributed by atoms with Crippen molar-refractivity contribution in [2.45, 2.75) is 19.3 Å². The summed E-state index contributed by atoms with van der Waals surface area (Å²) in [6.07, 6.45) is 5.19. The van der Waals surface area contributed by atoms with E-state index in [1.165, 1.54) is 0 Å². The van der Waals surface area contributed by atoms with E-state index in [0.717, 1.165) is 60.4 Å². The van der Waals surface area contributed by atoms with Crippen LogP contribution >= 0.6 is 0 Å². The topological polar surface area (TPSA) is 60.6 Å². The highest BCUT2D eigenvalue weighted by atomic mass is 16.7. The fraction of sp³-hybridized carbons (Fsp3) is 0.438. The highest BCUT2D eigenvalue weighted by molar-refractivity contribution is 5.94. The van der Waals surface area contributed by atoms with Crippen molar-refractivity contribution in [3.05, 3.63) is 24.4 Å². The van der Waals surface area contributed by atoms with E-state index in [1.54, 1.807) is 0 Å². The van der Waals surface area contributed by atoms with Gasteiger partial charge in [-0.05, 0) is 43.0 Å². The molecule has 5 heteroatoms. The van der Waals surface area contributed by atoms with Crippen molar-refractivity contribution < 1.29 is 9.47 Å². The molecule has 3 rings (SSSR count). The summed E-state index contributed by atoms with van der Waals surface area (Å²) in [6, 6.07) is 6.05. The Labute approximate surface area is 124 Å². The minimum absolute atomic E-state index is 0.295. The summed E-state index contributed by atoms with van der Waals surface area (Å²) < 4.78 is 10.9. The zero-order chi connectivity index (χ0) is 14.7. The molecule has 0 bridgehead atoms. The molecule has 0 unspecified atom stereocenters. The maximum atomic E-state index is 5.53. The van der Waals surface area contributed by atoms with Gasteiger partial charge >= 0.3 is 0 Å². The van der Waals surface area contributed by atoms with Gasteiger partial charge in [0.05, 0.1) is 0 Å². The Morgan fingerprint density at radius 3 is 2.81 bits per heavy atom. The number of hydrogen-bond donors (Lipinski definition) is 1. The number of rotatable bonds is 6. The van der Waals surface area contributed by atoms with Crippen molar-refractivity contribution in [2.75, 3.05) is 31.8 Å². The molecule has 112 valence electrons. The maximum absolute atomic E-state index is 5.53. The Balaban J connectivity index is 1.84. The summed E-state index contributed by atoms with van der Waals surface area (Å²) in [7, 11) is 2.08. The zero-order valence-electron chi connectivity index (χ0n) is 12.3. The minimum Gasteiger partial charge on any atom is -0.454 e. The van der Waals surface area contributed by atoms with Crippen LogP contribution < -0.4 is 20.1 Å². The van der Waals surface area contributed by atoms with Gasteiger partial charge in [0.1, 0.15) is 5.82 Å². The second kappa shape index (κ2) is 6.18. The highest BCUT2D eigenvalue weighted by Gasteiger charge is 2.17. The van der Waals surface area contributed by atoms with Crippen LogP contribution in [-0.4, -0.2) is 31.9 Å². The van der Waals surface area contributed by atoms with E-state index in [9.17, 15) is 0 Å². The van der Waals surface area contributed by atoms with E-state index in [1.807, 2.05) is 24.4 Å². The van der Waals surface area contributed by atoms with Crippen molar-refractivity contribution in [3.8, 4) is 11.5 Å². The first-order valence-electron chi connectivity index (χ1n) is 7.39. The lowest BCUT2D eigenvalue weighted by atomic mass is 10.1. The van der Waals surface area contributed by atoms with Crippen LogP contribution in [0.1, 0.15) is 19.3 Å². The van der Waals surface area contributed by atoms with Gasteiger partial charge in [0.15, 0.2) is 11.5 Å². The van der Waals surface area contributed by atoms with Crippen LogP contribution in [0.15, 0.2) is 24.4 Å². The predicted octanol–water partition coefficient (Wildman–Crippen LogP) is 2.53. The lowest BCUT2D eigenvalue weighted by molar-refractivity contribution is 0.174. The molecule has 2 N–H and O–H groups in total. The summed E-state index contributed by atoms with van der Waals surface area (Å²) in [4.78, 5) is 6.73. The van der Waals surface area contributed by atoms with Gasteiger partial charge in [-0.15, -0.1) is 0 Å². The number of anilines is 1. The number of hydrogen-bond acceptors (Lipinski definition) is 5. The van der Waals surface area contributed by atoms with E-state index in [4.69, 9.17) is 15.2 Å². The summed E-state index contributed by atoms with van der Waals surface area (Å²) in [6.45, 7) is 2.03. The lowest BCUT2D eigenvalue weighted by Gasteiger charge is -2.20. The molecule has 2 heterocycles. The number of pyridine rings is 1. The standard InChI is InChI=1S/C16H21N3O2/c1-19(8-4-2-3-6-17)16-13-10-15-14(20-11-21-15)9-12(13)5-7-18-16/h5,7,9-10H,2-4,6,8,11,17H2,1H3. The Hall–Kier alpha value is -2.01. The average Bonchev–Trinajstić information content (AvgIpc) is 2.95. The first-order valence-corrected chi connectivity index (χ1v) is 7.39. The third kappa shape index (κ3) is 2.88. The van der Waals surface area contributed by atoms with Crippen molar-refractivity contribution >= 4 is 16.6 Å². The number of nitrogens with two attached hydrogens (primary N) is 1. The van der Waals surface area contributed by atoms with Crippen molar-refractivity contribution in [2.24, 2.45) is 5.73 Å². The molecule has 0 aliphatic carbocycles. The molecule has 1 aromatic heterocycles. The Morgan fingerprint density at radius 1 is 1.19 bits per heavy atom. The van der Waals surface area contributed by atoms with Crippen LogP contribution in [0.4, 0.5) is 5.82 Å². The summed E-state index contributed by atoms with van der Waals surface area (Å²) >= 11 is 0. The maximum Gasteiger partial charge on any atom is 0.231 e. The van der Waals surface area contributed by atoms with Crippen LogP contribution in [0.2, 0.25) is 0 Å². The van der Waals surface area contributed by atoms with Crippen LogP contribution in [0.3, 0.4) is 0 Å². The van der Waals surface area contributed by atoms with Gasteiger partial charge in [-0.3, -0.25) is 0 Å². The third-order valence-corrected chi connectivity index (χ3v) is 3.80. The number of ether oxygens (including phenoxy) is 2. The van der Waals surface area contributed by atoms with Gasteiger partial charge in [0.25, 0.3) is 0 Å². The van der Waals surface area contributed by atoms with E-state index < -0.39 is 0 Å². The smallest absolute Gasteiger partial charge is 0.231 e. The largest absolute Gasteiger partial charge is 0.454 e. The van der Waals surface area contributed by atoms with Gasteiger partial charge < -0.3 is 20.1 Å². The van der Waals surface area contributed by atoms with Crippen LogP contribution in [-0.2, 0) is 0 Å². The SMILES string of the molecule is CN(CCCCCN)c1nccc2cc3c(cc12)OCO3. The van der Waals surface area contributed by atoms with E-state index >= 15 is 0 Å². The molecule has 1 aliphatic heterocycles. The van der Waals surface area contributed by atoms with Crippen LogP contribution in [0.5, 0.6) is 11.5 Å². The molecule has 0 fully saturated rings. The minimum atomic E-state index is 0.295. The van der Waals surface area contributed by atoms with Gasteiger partial charge in [-0.2, -0.15) is 0 Å². The second-order valence-corrected chi connectivity index (χ2v) is 5.33. The third-order valence-electron chi connectivity index (χ3n) is 3.80. The molecule has 0 saturated carbocycles. The molecule has 5 nitrogen and oxygen atoms in total. The molecule has 1 aliphatic rings. The fourth-order valence-corrected chi connectivity index (χ4v) is 2.63.